The second-order valence-corrected chi connectivity index (χ2v) is 5.69. The van der Waals surface area contributed by atoms with Crippen LogP contribution in [0.15, 0.2) is 24.3 Å². The van der Waals surface area contributed by atoms with E-state index < -0.39 is 0 Å². The van der Waals surface area contributed by atoms with Crippen LogP contribution in [0.4, 0.5) is 0 Å². The Bertz CT molecular complexity index is 257. The molecule has 0 heterocycles. The average Bonchev–Trinajstić information content (AvgIpc) is 2.25. The predicted molar refractivity (Wildman–Crippen MR) is 75.6 cm³/mol. The summed E-state index contributed by atoms with van der Waals surface area (Å²) in [4.78, 5) is 0. The Morgan fingerprint density at radius 2 is 1.75 bits per heavy atom. The van der Waals surface area contributed by atoms with E-state index in [1.807, 2.05) is 0 Å². The molecule has 0 bridgehead atoms. The van der Waals surface area contributed by atoms with E-state index in [-0.39, 0.29) is 10.8 Å². The first-order valence-corrected chi connectivity index (χ1v) is 6.59. The van der Waals surface area contributed by atoms with Crippen LogP contribution in [-0.4, -0.2) is 0 Å². The van der Waals surface area contributed by atoms with Crippen molar-refractivity contribution >= 4 is 0 Å². The molecule has 2 atom stereocenters. The third-order valence-electron chi connectivity index (χ3n) is 4.68. The molecule has 0 aromatic heterocycles. The average molecular weight is 222 g/mol. The molecule has 0 N–H and O–H groups in total. The summed E-state index contributed by atoms with van der Waals surface area (Å²) in [6.07, 6.45) is 6.78. The molecule has 0 saturated heterocycles. The normalized spacial score (nSPS) is 18.4. The molecule has 16 heavy (non-hydrogen) atoms. The fourth-order valence-electron chi connectivity index (χ4n) is 2.80. The molecule has 0 rings (SSSR count). The van der Waals surface area contributed by atoms with E-state index in [9.17, 15) is 0 Å². The number of hydrogen-bond donors (Lipinski definition) is 0. The van der Waals surface area contributed by atoms with Gasteiger partial charge in [-0.05, 0) is 30.1 Å². The number of hydrogen-bond acceptors (Lipinski definition) is 0. The van der Waals surface area contributed by atoms with Crippen LogP contribution in [-0.2, 0) is 0 Å². The Hall–Kier alpha value is -0.520. The summed E-state index contributed by atoms with van der Waals surface area (Å²) in [5.41, 5.74) is 1.73. The molecule has 94 valence electrons. The predicted octanol–water partition coefficient (Wildman–Crippen LogP) is 5.61. The number of rotatable bonds is 6. The maximum atomic E-state index is 4.33. The highest BCUT2D eigenvalue weighted by molar-refractivity contribution is 5.20. The van der Waals surface area contributed by atoms with Gasteiger partial charge in [0.05, 0.1) is 0 Å². The second-order valence-electron chi connectivity index (χ2n) is 5.69. The smallest absolute Gasteiger partial charge is 0.000811 e. The second kappa shape index (κ2) is 5.70. The van der Waals surface area contributed by atoms with Crippen molar-refractivity contribution < 1.29 is 0 Å². The summed E-state index contributed by atoms with van der Waals surface area (Å²) in [7, 11) is 0. The molecule has 0 amide bonds. The maximum Gasteiger partial charge on any atom is -0.000811 e. The Morgan fingerprint density at radius 1 is 1.25 bits per heavy atom. The Kier molecular flexibility index (Phi) is 5.52. The van der Waals surface area contributed by atoms with E-state index in [1.54, 1.807) is 0 Å². The van der Waals surface area contributed by atoms with Gasteiger partial charge in [0.2, 0.25) is 0 Å². The fourth-order valence-corrected chi connectivity index (χ4v) is 2.80. The van der Waals surface area contributed by atoms with Crippen LogP contribution >= 0.6 is 0 Å². The zero-order valence-electron chi connectivity index (χ0n) is 12.4. The molecule has 0 aromatic rings. The van der Waals surface area contributed by atoms with Crippen LogP contribution in [0.25, 0.3) is 0 Å². The molecule has 2 unspecified atom stereocenters. The summed E-state index contributed by atoms with van der Waals surface area (Å²) >= 11 is 0. The van der Waals surface area contributed by atoms with Gasteiger partial charge in [0.15, 0.2) is 0 Å². The molecule has 0 saturated carbocycles. The highest BCUT2D eigenvalue weighted by Gasteiger charge is 2.43. The molecule has 0 aromatic carbocycles. The van der Waals surface area contributed by atoms with Crippen molar-refractivity contribution in [3.05, 3.63) is 24.3 Å². The van der Waals surface area contributed by atoms with Crippen molar-refractivity contribution in [3.8, 4) is 0 Å². The van der Waals surface area contributed by atoms with Crippen LogP contribution < -0.4 is 0 Å². The van der Waals surface area contributed by atoms with Gasteiger partial charge in [-0.3, -0.25) is 0 Å². The van der Waals surface area contributed by atoms with Crippen LogP contribution in [0.3, 0.4) is 0 Å². The van der Waals surface area contributed by atoms with Gasteiger partial charge >= 0.3 is 0 Å². The molecule has 0 radical (unpaired) electrons. The molecule has 0 spiro atoms. The number of allylic oxidation sites excluding steroid dienone is 3. The largest absolute Gasteiger partial charge is 0.0993 e. The Labute approximate surface area is 103 Å². The first-order chi connectivity index (χ1) is 7.27. The van der Waals surface area contributed by atoms with Crippen molar-refractivity contribution in [2.75, 3.05) is 0 Å². The fraction of sp³-hybridized carbons (Fsp3) is 0.750. The topological polar surface area (TPSA) is 0 Å². The van der Waals surface area contributed by atoms with E-state index in [2.05, 4.69) is 67.2 Å². The van der Waals surface area contributed by atoms with Crippen LogP contribution in [0.2, 0.25) is 0 Å². The van der Waals surface area contributed by atoms with Crippen LogP contribution in [0, 0.1) is 16.7 Å². The summed E-state index contributed by atoms with van der Waals surface area (Å²) < 4.78 is 0. The van der Waals surface area contributed by atoms with E-state index in [1.165, 1.54) is 12.0 Å². The molecule has 0 aliphatic rings. The van der Waals surface area contributed by atoms with Gasteiger partial charge in [-0.15, -0.1) is 0 Å². The first kappa shape index (κ1) is 15.5. The third-order valence-corrected chi connectivity index (χ3v) is 4.68. The van der Waals surface area contributed by atoms with Gasteiger partial charge < -0.3 is 0 Å². The lowest BCUT2D eigenvalue weighted by atomic mass is 9.56. The third kappa shape index (κ3) is 2.59. The molecule has 0 nitrogen and oxygen atoms in total. The minimum absolute atomic E-state index is 0.171. The minimum atomic E-state index is 0.171. The standard InChI is InChI=1S/C16H30/c1-9-12-15(6,7)16(8,13(4)10-2)14(5)11-3/h9,12,14H,4,10-11H2,1-3,5-8H3. The SMILES string of the molecule is C=C(CC)C(C)(C(C)CC)C(C)(C)C=CC. The van der Waals surface area contributed by atoms with E-state index in [4.69, 9.17) is 0 Å². The lowest BCUT2D eigenvalue weighted by molar-refractivity contribution is 0.104. The lowest BCUT2D eigenvalue weighted by Gasteiger charge is -2.48. The van der Waals surface area contributed by atoms with Crippen molar-refractivity contribution in [1.82, 2.24) is 0 Å². The molecular formula is C16H30. The van der Waals surface area contributed by atoms with Gasteiger partial charge in [0, 0.05) is 0 Å². The van der Waals surface area contributed by atoms with E-state index in [0.29, 0.717) is 5.92 Å². The maximum absolute atomic E-state index is 4.33. The summed E-state index contributed by atoms with van der Waals surface area (Å²) in [6.45, 7) is 20.3. The molecule has 0 aliphatic heterocycles. The Morgan fingerprint density at radius 3 is 2.06 bits per heavy atom. The highest BCUT2D eigenvalue weighted by atomic mass is 14.5. The zero-order valence-corrected chi connectivity index (χ0v) is 12.4. The van der Waals surface area contributed by atoms with Gasteiger partial charge in [-0.25, -0.2) is 0 Å². The monoisotopic (exact) mass is 222 g/mol. The first-order valence-electron chi connectivity index (χ1n) is 6.59. The van der Waals surface area contributed by atoms with Crippen molar-refractivity contribution in [2.45, 2.75) is 61.3 Å². The van der Waals surface area contributed by atoms with Crippen molar-refractivity contribution in [2.24, 2.45) is 16.7 Å². The van der Waals surface area contributed by atoms with E-state index >= 15 is 0 Å². The summed E-state index contributed by atoms with van der Waals surface area (Å²) in [6, 6.07) is 0. The molecule has 0 aliphatic carbocycles. The highest BCUT2D eigenvalue weighted by Crippen LogP contribution is 2.52. The van der Waals surface area contributed by atoms with Crippen molar-refractivity contribution in [1.29, 1.82) is 0 Å². The van der Waals surface area contributed by atoms with Gasteiger partial charge in [-0.2, -0.15) is 0 Å². The zero-order chi connectivity index (χ0) is 13.0. The minimum Gasteiger partial charge on any atom is -0.0993 e. The quantitative estimate of drug-likeness (QED) is 0.513. The molecule has 0 fully saturated rings. The van der Waals surface area contributed by atoms with Gasteiger partial charge in [0.25, 0.3) is 0 Å². The molecule has 0 heteroatoms. The molecular weight excluding hydrogens is 192 g/mol. The van der Waals surface area contributed by atoms with Crippen molar-refractivity contribution in [3.63, 3.8) is 0 Å². The summed E-state index contributed by atoms with van der Waals surface area (Å²) in [5, 5.41) is 0. The lowest BCUT2D eigenvalue weighted by Crippen LogP contribution is -2.40. The van der Waals surface area contributed by atoms with Crippen LogP contribution in [0.5, 0.6) is 0 Å². The summed E-state index contributed by atoms with van der Waals surface area (Å²) in [5.74, 6) is 0.658. The Balaban J connectivity index is 5.47. The van der Waals surface area contributed by atoms with Gasteiger partial charge in [0.1, 0.15) is 0 Å². The van der Waals surface area contributed by atoms with E-state index in [0.717, 1.165) is 6.42 Å². The van der Waals surface area contributed by atoms with Crippen LogP contribution in [0.1, 0.15) is 61.3 Å². The van der Waals surface area contributed by atoms with Gasteiger partial charge in [-0.1, -0.05) is 72.3 Å².